The van der Waals surface area contributed by atoms with Gasteiger partial charge in [-0.05, 0) is 19.5 Å². The van der Waals surface area contributed by atoms with Crippen LogP contribution in [0.2, 0.25) is 0 Å². The van der Waals surface area contributed by atoms with Crippen molar-refractivity contribution in [3.05, 3.63) is 5.09 Å². The van der Waals surface area contributed by atoms with E-state index in [4.69, 9.17) is 17.1 Å². The van der Waals surface area contributed by atoms with Crippen LogP contribution in [-0.4, -0.2) is 13.3 Å². The van der Waals surface area contributed by atoms with Crippen molar-refractivity contribution in [2.24, 2.45) is 0 Å². The first-order valence-corrected chi connectivity index (χ1v) is 5.37. The fourth-order valence-corrected chi connectivity index (χ4v) is 0.433. The molecule has 0 spiro atoms. The molecule has 0 saturated heterocycles. The van der Waals surface area contributed by atoms with Crippen molar-refractivity contribution >= 4 is 18.0 Å². The van der Waals surface area contributed by atoms with E-state index < -0.39 is 6.19 Å². The van der Waals surface area contributed by atoms with Gasteiger partial charge in [0.25, 0.3) is 0 Å². The maximum Gasteiger partial charge on any atom is 1.00 e. The van der Waals surface area contributed by atoms with Gasteiger partial charge in [0.2, 0.25) is 0 Å². The van der Waals surface area contributed by atoms with Gasteiger partial charge in [0.1, 0.15) is 0 Å². The monoisotopic (exact) mass is 156 g/mol. The van der Waals surface area contributed by atoms with Crippen LogP contribution >= 0.6 is 6.19 Å². The van der Waals surface area contributed by atoms with Gasteiger partial charge in [0.15, 0.2) is 0 Å². The maximum atomic E-state index is 7.95. The summed E-state index contributed by atoms with van der Waals surface area (Å²) in [5.74, 6) is 0. The van der Waals surface area contributed by atoms with Crippen molar-refractivity contribution in [1.29, 1.82) is 5.26 Å². The number of rotatable bonds is 1. The van der Waals surface area contributed by atoms with E-state index >= 15 is 0 Å². The van der Waals surface area contributed by atoms with Crippen LogP contribution in [-0.2, 0) is 11.8 Å². The molecule has 0 aromatic rings. The zero-order chi connectivity index (χ0) is 5.91. The summed E-state index contributed by atoms with van der Waals surface area (Å²) in [6.45, 7) is 3.62. The van der Waals surface area contributed by atoms with Gasteiger partial charge in [-0.2, -0.15) is 0 Å². The Morgan fingerprint density at radius 1 is 1.62 bits per heavy atom. The second kappa shape index (κ2) is 4.78. The van der Waals surface area contributed by atoms with E-state index in [1.54, 1.807) is 6.19 Å². The minimum atomic E-state index is -1.57. The second-order valence-corrected chi connectivity index (χ2v) is 6.96. The topological polar surface area (TPSA) is 37.9 Å². The Hall–Kier alpha value is 0.940. The molecule has 0 heterocycles. The van der Waals surface area contributed by atoms with Gasteiger partial charge in [-0.15, -0.1) is 0 Å². The molecular formula is C3H6N2NaPS. The van der Waals surface area contributed by atoms with Crippen LogP contribution < -0.4 is 29.6 Å². The summed E-state index contributed by atoms with van der Waals surface area (Å²) >= 11 is 4.81. The fraction of sp³-hybridized carbons (Fsp3) is 0.667. The standard InChI is InChI=1S/C3H6N2PS.Na/c1-6(2,7)5-3-4;/h1-2H3;/q-1;+1. The minimum absolute atomic E-state index is 0. The molecule has 0 atom stereocenters. The third kappa shape index (κ3) is 10.0. The summed E-state index contributed by atoms with van der Waals surface area (Å²) < 4.78 is 0. The molecule has 0 aliphatic rings. The van der Waals surface area contributed by atoms with Gasteiger partial charge in [0, 0.05) is 0 Å². The molecule has 0 saturated carbocycles. The molecule has 0 rings (SSSR count). The molecule has 0 aliphatic carbocycles. The van der Waals surface area contributed by atoms with Gasteiger partial charge in [-0.3, -0.25) is 0 Å². The zero-order valence-corrected chi connectivity index (χ0v) is 8.96. The van der Waals surface area contributed by atoms with Crippen molar-refractivity contribution in [2.45, 2.75) is 0 Å². The Balaban J connectivity index is 0. The van der Waals surface area contributed by atoms with Crippen molar-refractivity contribution in [3.63, 3.8) is 0 Å². The largest absolute Gasteiger partial charge is 1.00 e. The van der Waals surface area contributed by atoms with Crippen LogP contribution in [0.1, 0.15) is 0 Å². The van der Waals surface area contributed by atoms with E-state index in [2.05, 4.69) is 5.09 Å². The molecule has 8 heavy (non-hydrogen) atoms. The Labute approximate surface area is 77.0 Å². The Bertz CT molecular complexity index is 135. The third-order valence-electron chi connectivity index (χ3n) is 0.286. The summed E-state index contributed by atoms with van der Waals surface area (Å²) in [5.41, 5.74) is 0. The molecule has 0 radical (unpaired) electrons. The molecule has 0 aliphatic heterocycles. The molecule has 0 amide bonds. The van der Waals surface area contributed by atoms with Crippen LogP contribution in [0.4, 0.5) is 0 Å². The molecule has 2 nitrogen and oxygen atoms in total. The molecule has 40 valence electrons. The molecule has 0 unspecified atom stereocenters. The van der Waals surface area contributed by atoms with Crippen molar-refractivity contribution in [3.8, 4) is 6.19 Å². The first-order valence-electron chi connectivity index (χ1n) is 1.72. The van der Waals surface area contributed by atoms with E-state index in [1.807, 2.05) is 13.3 Å². The molecule has 0 fully saturated rings. The van der Waals surface area contributed by atoms with Gasteiger partial charge >= 0.3 is 29.6 Å². The second-order valence-electron chi connectivity index (χ2n) is 1.49. The fourth-order valence-electron chi connectivity index (χ4n) is 0.108. The number of nitriles is 1. The van der Waals surface area contributed by atoms with Gasteiger partial charge < -0.3 is 10.3 Å². The predicted octanol–water partition coefficient (Wildman–Crippen LogP) is -1.50. The average molecular weight is 156 g/mol. The van der Waals surface area contributed by atoms with Crippen molar-refractivity contribution in [1.82, 2.24) is 0 Å². The molecule has 0 bridgehead atoms. The van der Waals surface area contributed by atoms with Gasteiger partial charge in [0.05, 0.1) is 0 Å². The first kappa shape index (κ1) is 11.7. The van der Waals surface area contributed by atoms with Gasteiger partial charge in [-0.1, -0.05) is 18.0 Å². The summed E-state index contributed by atoms with van der Waals surface area (Å²) in [5, 5.41) is 11.4. The van der Waals surface area contributed by atoms with E-state index in [9.17, 15) is 0 Å². The molecule has 0 aromatic heterocycles. The molecule has 0 N–H and O–H groups in total. The van der Waals surface area contributed by atoms with Crippen LogP contribution in [0.3, 0.4) is 0 Å². The smallest absolute Gasteiger partial charge is 0.494 e. The van der Waals surface area contributed by atoms with E-state index in [1.165, 1.54) is 0 Å². The van der Waals surface area contributed by atoms with E-state index in [-0.39, 0.29) is 29.6 Å². The Morgan fingerprint density at radius 3 is 2.00 bits per heavy atom. The maximum absolute atomic E-state index is 7.95. The first-order chi connectivity index (χ1) is 3.06. The van der Waals surface area contributed by atoms with Crippen molar-refractivity contribution in [2.75, 3.05) is 13.3 Å². The van der Waals surface area contributed by atoms with Crippen LogP contribution in [0.5, 0.6) is 0 Å². The summed E-state index contributed by atoms with van der Waals surface area (Å²) in [7, 11) is 0. The SMILES string of the molecule is CP(C)(=S)[N-]C#N.[Na+]. The van der Waals surface area contributed by atoms with Crippen LogP contribution in [0.25, 0.3) is 5.09 Å². The van der Waals surface area contributed by atoms with Crippen LogP contribution in [0.15, 0.2) is 0 Å². The summed E-state index contributed by atoms with van der Waals surface area (Å²) in [6.07, 6.45) is 0.109. The normalized spacial score (nSPS) is 8.62. The molecule has 5 heteroatoms. The van der Waals surface area contributed by atoms with Gasteiger partial charge in [-0.25, -0.2) is 0 Å². The Kier molecular flexibility index (Phi) is 7.00. The third-order valence-corrected chi connectivity index (χ3v) is 1.10. The number of hydrogen-bond acceptors (Lipinski definition) is 2. The average Bonchev–Trinajstić information content (AvgIpc) is 1.30. The van der Waals surface area contributed by atoms with E-state index in [0.29, 0.717) is 0 Å². The number of nitrogens with zero attached hydrogens (tertiary/aromatic N) is 2. The number of hydrogen-bond donors (Lipinski definition) is 0. The predicted molar refractivity (Wildman–Crippen MR) is 35.1 cm³/mol. The van der Waals surface area contributed by atoms with Crippen molar-refractivity contribution < 1.29 is 29.6 Å². The van der Waals surface area contributed by atoms with Crippen LogP contribution in [0, 0.1) is 11.5 Å². The van der Waals surface area contributed by atoms with E-state index in [0.717, 1.165) is 0 Å². The quantitative estimate of drug-likeness (QED) is 0.263. The Morgan fingerprint density at radius 2 is 2.00 bits per heavy atom. The summed E-state index contributed by atoms with van der Waals surface area (Å²) in [4.78, 5) is 0. The molecule has 0 aromatic carbocycles. The zero-order valence-electron chi connectivity index (χ0n) is 5.25. The summed E-state index contributed by atoms with van der Waals surface area (Å²) in [6, 6.07) is 0. The molecular weight excluding hydrogens is 150 g/mol. The minimum Gasteiger partial charge on any atom is -0.494 e.